The summed E-state index contributed by atoms with van der Waals surface area (Å²) in [6.45, 7) is 0. The van der Waals surface area contributed by atoms with Gasteiger partial charge in [0.25, 0.3) is 11.9 Å². The molecule has 0 aliphatic heterocycles. The number of amides is 1. The molecule has 0 aromatic heterocycles. The second-order valence-electron chi connectivity index (χ2n) is 2.43. The molecule has 4 N–H and O–H groups in total. The van der Waals surface area contributed by atoms with E-state index in [-0.39, 0.29) is 5.57 Å². The summed E-state index contributed by atoms with van der Waals surface area (Å²) in [7, 11) is 0. The van der Waals surface area contributed by atoms with E-state index in [1.54, 1.807) is 30.3 Å². The summed E-state index contributed by atoms with van der Waals surface area (Å²) in [5.41, 5.74) is 5.06. The zero-order chi connectivity index (χ0) is 9.84. The Balaban J connectivity index is 3.20. The van der Waals surface area contributed by atoms with Crippen LogP contribution in [0.4, 0.5) is 0 Å². The lowest BCUT2D eigenvalue weighted by Gasteiger charge is -2.02. The molecule has 1 aromatic rings. The maximum absolute atomic E-state index is 10.8. The molecule has 4 heteroatoms. The van der Waals surface area contributed by atoms with Crippen LogP contribution in [0.5, 0.6) is 0 Å². The third-order valence-corrected chi connectivity index (χ3v) is 1.53. The summed E-state index contributed by atoms with van der Waals surface area (Å²) < 4.78 is 0. The van der Waals surface area contributed by atoms with Crippen LogP contribution in [-0.4, -0.2) is 16.1 Å². The minimum absolute atomic E-state index is 0.277. The number of benzene rings is 1. The molecule has 0 aliphatic carbocycles. The highest BCUT2D eigenvalue weighted by atomic mass is 16.5. The lowest BCUT2D eigenvalue weighted by Crippen LogP contribution is -2.14. The molecule has 0 spiro atoms. The molecule has 0 atom stereocenters. The van der Waals surface area contributed by atoms with E-state index in [1.807, 2.05) is 0 Å². The Bertz CT molecular complexity index is 339. The predicted molar refractivity (Wildman–Crippen MR) is 47.8 cm³/mol. The van der Waals surface area contributed by atoms with Gasteiger partial charge < -0.3 is 15.9 Å². The van der Waals surface area contributed by atoms with E-state index in [0.29, 0.717) is 5.56 Å². The first-order valence-electron chi connectivity index (χ1n) is 3.60. The molecule has 0 bridgehead atoms. The Morgan fingerprint density at radius 2 is 1.69 bits per heavy atom. The van der Waals surface area contributed by atoms with Gasteiger partial charge in [0, 0.05) is 0 Å². The Morgan fingerprint density at radius 1 is 1.15 bits per heavy atom. The Morgan fingerprint density at radius 3 is 2.08 bits per heavy atom. The summed E-state index contributed by atoms with van der Waals surface area (Å²) in [5, 5.41) is 17.5. The van der Waals surface area contributed by atoms with Crippen LogP contribution in [0, 0.1) is 0 Å². The Hall–Kier alpha value is -1.97. The van der Waals surface area contributed by atoms with E-state index in [9.17, 15) is 4.79 Å². The maximum Gasteiger partial charge on any atom is 0.288 e. The molecule has 13 heavy (non-hydrogen) atoms. The monoisotopic (exact) mass is 179 g/mol. The van der Waals surface area contributed by atoms with Crippen LogP contribution in [0.2, 0.25) is 0 Å². The molecule has 0 radical (unpaired) electrons. The second kappa shape index (κ2) is 3.62. The minimum atomic E-state index is -1.06. The van der Waals surface area contributed by atoms with Crippen LogP contribution in [-0.2, 0) is 4.79 Å². The van der Waals surface area contributed by atoms with Gasteiger partial charge in [-0.25, -0.2) is 0 Å². The van der Waals surface area contributed by atoms with Gasteiger partial charge in [-0.2, -0.15) is 0 Å². The lowest BCUT2D eigenvalue weighted by molar-refractivity contribution is -0.113. The molecule has 0 saturated carbocycles. The number of rotatable bonds is 2. The minimum Gasteiger partial charge on any atom is -0.481 e. The summed E-state index contributed by atoms with van der Waals surface area (Å²) in [5.74, 6) is -1.93. The summed E-state index contributed by atoms with van der Waals surface area (Å²) in [6, 6.07) is 8.21. The first kappa shape index (κ1) is 9.12. The third-order valence-electron chi connectivity index (χ3n) is 1.53. The average Bonchev–Trinajstić information content (AvgIpc) is 2.04. The molecule has 1 rings (SSSR count). The number of aliphatic hydroxyl groups is 2. The molecule has 1 amide bonds. The van der Waals surface area contributed by atoms with Crippen LogP contribution < -0.4 is 5.73 Å². The van der Waals surface area contributed by atoms with Crippen molar-refractivity contribution in [3.8, 4) is 0 Å². The Labute approximate surface area is 74.9 Å². The predicted octanol–water partition coefficient (Wildman–Crippen LogP) is 0.957. The number of aliphatic hydroxyl groups excluding tert-OH is 1. The van der Waals surface area contributed by atoms with Crippen LogP contribution in [0.25, 0.3) is 5.57 Å². The first-order valence-corrected chi connectivity index (χ1v) is 3.60. The molecule has 0 saturated heterocycles. The van der Waals surface area contributed by atoms with E-state index < -0.39 is 11.9 Å². The van der Waals surface area contributed by atoms with Crippen molar-refractivity contribution in [1.82, 2.24) is 0 Å². The normalized spacial score (nSPS) is 9.23. The van der Waals surface area contributed by atoms with Gasteiger partial charge in [0.2, 0.25) is 0 Å². The van der Waals surface area contributed by atoms with Crippen molar-refractivity contribution in [2.45, 2.75) is 0 Å². The Kier molecular flexibility index (Phi) is 2.54. The molecule has 68 valence electrons. The fourth-order valence-electron chi connectivity index (χ4n) is 0.986. The highest BCUT2D eigenvalue weighted by Crippen LogP contribution is 2.15. The van der Waals surface area contributed by atoms with Crippen LogP contribution in [0.3, 0.4) is 0 Å². The summed E-state index contributed by atoms with van der Waals surface area (Å²) in [6.07, 6.45) is 0. The number of nitrogens with two attached hydrogens (primary N) is 1. The molecule has 0 fully saturated rings. The van der Waals surface area contributed by atoms with E-state index in [2.05, 4.69) is 0 Å². The number of carbonyl (C=O) groups excluding carboxylic acids is 1. The fourth-order valence-corrected chi connectivity index (χ4v) is 0.986. The van der Waals surface area contributed by atoms with E-state index in [4.69, 9.17) is 15.9 Å². The van der Waals surface area contributed by atoms with Gasteiger partial charge in [-0.15, -0.1) is 0 Å². The van der Waals surface area contributed by atoms with E-state index >= 15 is 0 Å². The zero-order valence-electron chi connectivity index (χ0n) is 6.77. The fraction of sp³-hybridized carbons (Fsp3) is 0. The molecular formula is C9H9NO3. The van der Waals surface area contributed by atoms with Gasteiger partial charge in [0.15, 0.2) is 0 Å². The van der Waals surface area contributed by atoms with Gasteiger partial charge in [-0.1, -0.05) is 30.3 Å². The SMILES string of the molecule is NC(=O)C(=C(O)O)c1ccccc1. The van der Waals surface area contributed by atoms with Gasteiger partial charge in [-0.3, -0.25) is 4.79 Å². The van der Waals surface area contributed by atoms with Crippen LogP contribution in [0.1, 0.15) is 5.56 Å². The highest BCUT2D eigenvalue weighted by Gasteiger charge is 2.13. The zero-order valence-corrected chi connectivity index (χ0v) is 6.77. The van der Waals surface area contributed by atoms with Crippen molar-refractivity contribution in [2.75, 3.05) is 0 Å². The smallest absolute Gasteiger partial charge is 0.288 e. The molecule has 1 aromatic carbocycles. The maximum atomic E-state index is 10.8. The number of hydrogen-bond acceptors (Lipinski definition) is 3. The largest absolute Gasteiger partial charge is 0.481 e. The van der Waals surface area contributed by atoms with Crippen molar-refractivity contribution in [2.24, 2.45) is 5.73 Å². The van der Waals surface area contributed by atoms with Gasteiger partial charge >= 0.3 is 0 Å². The highest BCUT2D eigenvalue weighted by molar-refractivity contribution is 6.18. The van der Waals surface area contributed by atoms with E-state index in [0.717, 1.165) is 0 Å². The first-order chi connectivity index (χ1) is 6.13. The standard InChI is InChI=1S/C9H9NO3/c10-8(11)7(9(12)13)6-4-2-1-3-5-6/h1-5,12-13H,(H2,10,11). The van der Waals surface area contributed by atoms with E-state index in [1.165, 1.54) is 0 Å². The molecular weight excluding hydrogens is 170 g/mol. The van der Waals surface area contributed by atoms with Crippen molar-refractivity contribution in [3.05, 3.63) is 41.8 Å². The second-order valence-corrected chi connectivity index (χ2v) is 2.43. The number of carbonyl (C=O) groups is 1. The van der Waals surface area contributed by atoms with Crippen molar-refractivity contribution in [3.63, 3.8) is 0 Å². The van der Waals surface area contributed by atoms with Crippen molar-refractivity contribution < 1.29 is 15.0 Å². The number of hydrogen-bond donors (Lipinski definition) is 3. The molecule has 0 unspecified atom stereocenters. The molecule has 0 heterocycles. The van der Waals surface area contributed by atoms with Gasteiger partial charge in [0.05, 0.1) is 0 Å². The molecule has 0 aliphatic rings. The van der Waals surface area contributed by atoms with Gasteiger partial charge in [0.1, 0.15) is 5.57 Å². The van der Waals surface area contributed by atoms with Crippen LogP contribution in [0.15, 0.2) is 36.3 Å². The molecule has 4 nitrogen and oxygen atoms in total. The van der Waals surface area contributed by atoms with Gasteiger partial charge in [-0.05, 0) is 5.56 Å². The summed E-state index contributed by atoms with van der Waals surface area (Å²) in [4.78, 5) is 10.8. The third kappa shape index (κ3) is 1.99. The summed E-state index contributed by atoms with van der Waals surface area (Å²) >= 11 is 0. The topological polar surface area (TPSA) is 83.6 Å². The average molecular weight is 179 g/mol. The number of primary amides is 1. The van der Waals surface area contributed by atoms with Crippen molar-refractivity contribution >= 4 is 11.5 Å². The van der Waals surface area contributed by atoms with Crippen molar-refractivity contribution in [1.29, 1.82) is 0 Å². The lowest BCUT2D eigenvalue weighted by atomic mass is 10.1. The van der Waals surface area contributed by atoms with Crippen LogP contribution >= 0.6 is 0 Å². The quantitative estimate of drug-likeness (QED) is 0.467.